The zero-order chi connectivity index (χ0) is 70.7. The van der Waals surface area contributed by atoms with Gasteiger partial charge in [0.1, 0.15) is 25.9 Å². The van der Waals surface area contributed by atoms with Gasteiger partial charge in [-0.25, -0.2) is 42.5 Å². The lowest BCUT2D eigenvalue weighted by Crippen LogP contribution is -2.54. The highest BCUT2D eigenvalue weighted by Crippen LogP contribution is 2.30. The van der Waals surface area contributed by atoms with Gasteiger partial charge in [0.15, 0.2) is 12.2 Å². The summed E-state index contributed by atoms with van der Waals surface area (Å²) in [6.07, 6.45) is 19.0. The molecule has 24 nitrogen and oxygen atoms in total. The number of amides is 3. The number of ether oxygens (including phenoxy) is 6. The molecule has 552 valence electrons. The average Bonchev–Trinajstić information content (AvgIpc) is 1.31. The van der Waals surface area contributed by atoms with Crippen LogP contribution in [0, 0.1) is 16.2 Å². The minimum absolute atomic E-state index is 0.0133. The number of carbonyl (C=O) groups excluding carboxylic acids is 6. The van der Waals surface area contributed by atoms with Crippen LogP contribution in [0.4, 0.5) is 14.4 Å². The standard InChI is InChI=1S/C72H129N9O15/c1-13-16-19-28-37-70(6,7)61(82)91-52-58(46-57-49-76(57)12)94-64(85)73-40-31-22-25-34-43-79-67(88)80(44-35-26-23-32-41-74-65(86)95-59(50-77-47-55(77)4)53-92-62(83)71(8,9)38-29-20-17-14-2)69(90)81(68(79)89)45-36-27-24-33-42-75-66(87)96-60(51-78-48-56(78)5)54-93-63(84)72(10,11)39-30-21-18-15-3/h55-60H,13-54H2,1-12H3,(H,73,85)(H,74,86)(H,75,87). The molecule has 1 aromatic rings. The number of nitrogens with zero attached hydrogens (tertiary/aromatic N) is 6. The van der Waals surface area contributed by atoms with Crippen LogP contribution in [0.3, 0.4) is 0 Å². The van der Waals surface area contributed by atoms with Gasteiger partial charge in [-0.05, 0) is 120 Å². The van der Waals surface area contributed by atoms with Gasteiger partial charge in [-0.15, -0.1) is 0 Å². The van der Waals surface area contributed by atoms with Crippen LogP contribution in [0.1, 0.15) is 256 Å². The second kappa shape index (κ2) is 43.8. The van der Waals surface area contributed by atoms with Crippen molar-refractivity contribution in [2.75, 3.05) is 79.2 Å². The molecule has 1 aromatic heterocycles. The molecular weight excluding hydrogens is 1230 g/mol. The molecule has 24 heteroatoms. The maximum absolute atomic E-state index is 14.1. The quantitative estimate of drug-likeness (QED) is 0.0237. The Morgan fingerprint density at radius 2 is 0.688 bits per heavy atom. The number of likely N-dealkylation sites (N-methyl/N-ethyl adjacent to an activating group) is 1. The molecule has 0 spiro atoms. The van der Waals surface area contributed by atoms with Crippen LogP contribution in [0.2, 0.25) is 0 Å². The molecule has 3 amide bonds. The molecule has 0 aromatic carbocycles. The van der Waals surface area contributed by atoms with Crippen molar-refractivity contribution < 1.29 is 57.2 Å². The van der Waals surface area contributed by atoms with Crippen molar-refractivity contribution >= 4 is 36.2 Å². The lowest BCUT2D eigenvalue weighted by atomic mass is 9.87. The fourth-order valence-corrected chi connectivity index (χ4v) is 11.9. The third kappa shape index (κ3) is 32.5. The highest BCUT2D eigenvalue weighted by Gasteiger charge is 2.38. The molecule has 0 bridgehead atoms. The molecule has 3 fully saturated rings. The number of aromatic nitrogens is 3. The van der Waals surface area contributed by atoms with E-state index < -0.39 is 69.9 Å². The average molecular weight is 1360 g/mol. The Labute approximate surface area is 574 Å². The Kier molecular flexibility index (Phi) is 37.8. The van der Waals surface area contributed by atoms with Gasteiger partial charge in [-0.3, -0.25) is 24.2 Å². The van der Waals surface area contributed by atoms with Gasteiger partial charge >= 0.3 is 53.3 Å². The van der Waals surface area contributed by atoms with Crippen molar-refractivity contribution in [2.24, 2.45) is 16.2 Å². The summed E-state index contributed by atoms with van der Waals surface area (Å²) in [7, 11) is 1.99. The third-order valence-corrected chi connectivity index (χ3v) is 19.1. The van der Waals surface area contributed by atoms with Crippen LogP contribution in [0.15, 0.2) is 14.4 Å². The predicted molar refractivity (Wildman–Crippen MR) is 373 cm³/mol. The number of unbranched alkanes of at least 4 members (excludes halogenated alkanes) is 18. The van der Waals surface area contributed by atoms with Crippen molar-refractivity contribution in [3.05, 3.63) is 31.5 Å². The lowest BCUT2D eigenvalue weighted by Gasteiger charge is -2.25. The van der Waals surface area contributed by atoms with Crippen LogP contribution in [0.5, 0.6) is 0 Å². The minimum Gasteiger partial charge on any atom is -0.461 e. The summed E-state index contributed by atoms with van der Waals surface area (Å²) in [4.78, 5) is 127. The number of rotatable bonds is 54. The largest absolute Gasteiger partial charge is 0.461 e. The van der Waals surface area contributed by atoms with Crippen LogP contribution in [0.25, 0.3) is 0 Å². The normalized spacial score (nSPS) is 19.1. The summed E-state index contributed by atoms with van der Waals surface area (Å²) in [6.45, 7) is 26.8. The van der Waals surface area contributed by atoms with Crippen LogP contribution in [-0.4, -0.2) is 180 Å². The number of hydrogen-bond donors (Lipinski definition) is 3. The van der Waals surface area contributed by atoms with E-state index in [2.05, 4.69) is 65.3 Å². The maximum Gasteiger partial charge on any atom is 0.407 e. The molecule has 0 radical (unpaired) electrons. The fraction of sp³-hybridized carbons (Fsp3) is 0.875. The number of hydrogen-bond acceptors (Lipinski definition) is 18. The van der Waals surface area contributed by atoms with Gasteiger partial charge in [0.25, 0.3) is 0 Å². The number of alkyl carbamates (subject to hydrolysis) is 3. The number of nitrogens with one attached hydrogen (secondary N) is 3. The second-order valence-corrected chi connectivity index (χ2v) is 29.7. The number of esters is 3. The smallest absolute Gasteiger partial charge is 0.407 e. The van der Waals surface area contributed by atoms with Gasteiger partial charge in [0.05, 0.1) is 16.2 Å². The Morgan fingerprint density at radius 1 is 0.417 bits per heavy atom. The van der Waals surface area contributed by atoms with Gasteiger partial charge in [-0.2, -0.15) is 0 Å². The first-order valence-electron chi connectivity index (χ1n) is 37.2. The van der Waals surface area contributed by atoms with Crippen molar-refractivity contribution in [2.45, 2.75) is 312 Å². The summed E-state index contributed by atoms with van der Waals surface area (Å²) in [5, 5.41) is 8.48. The molecule has 3 N–H and O–H groups in total. The van der Waals surface area contributed by atoms with Crippen LogP contribution < -0.4 is 33.0 Å². The van der Waals surface area contributed by atoms with E-state index >= 15 is 0 Å². The molecule has 9 unspecified atom stereocenters. The van der Waals surface area contributed by atoms with Gasteiger partial charge < -0.3 is 49.3 Å². The van der Waals surface area contributed by atoms with E-state index in [1.165, 1.54) is 0 Å². The third-order valence-electron chi connectivity index (χ3n) is 19.1. The SMILES string of the molecule is CCCCCCC(C)(C)C(=O)OCC(CC1CN1C)OC(=O)NCCCCCCn1c(=O)n(CCCCCCNC(=O)OC(COC(=O)C(C)(C)CCCCCC)CN2CC2C)c(=O)n(CCCCCCNC(=O)OC(COC(=O)C(C)(C)CCCCCC)CN2CC2C)c1=O. The van der Waals surface area contributed by atoms with Crippen LogP contribution in [-0.2, 0) is 62.4 Å². The monoisotopic (exact) mass is 1360 g/mol. The van der Waals surface area contributed by atoms with E-state index in [1.807, 2.05) is 48.6 Å². The topological polar surface area (TPSA) is 269 Å². The zero-order valence-corrected chi connectivity index (χ0v) is 61.5. The van der Waals surface area contributed by atoms with Crippen molar-refractivity contribution in [3.8, 4) is 0 Å². The summed E-state index contributed by atoms with van der Waals surface area (Å²) < 4.78 is 37.9. The summed E-state index contributed by atoms with van der Waals surface area (Å²) >= 11 is 0. The lowest BCUT2D eigenvalue weighted by molar-refractivity contribution is -0.158. The van der Waals surface area contributed by atoms with E-state index in [1.54, 1.807) is 0 Å². The molecule has 9 atom stereocenters. The zero-order valence-electron chi connectivity index (χ0n) is 61.5. The summed E-state index contributed by atoms with van der Waals surface area (Å²) in [6, 6.07) is 0.985. The molecule has 3 aliphatic rings. The van der Waals surface area contributed by atoms with Crippen LogP contribution >= 0.6 is 0 Å². The van der Waals surface area contributed by atoms with Gasteiger partial charge in [0.2, 0.25) is 0 Å². The Bertz CT molecular complexity index is 2360. The van der Waals surface area contributed by atoms with E-state index in [9.17, 15) is 43.2 Å². The Morgan fingerprint density at radius 3 is 0.969 bits per heavy atom. The van der Waals surface area contributed by atoms with Gasteiger partial charge in [-0.1, -0.05) is 136 Å². The summed E-state index contributed by atoms with van der Waals surface area (Å²) in [5.41, 5.74) is -3.92. The first-order chi connectivity index (χ1) is 45.7. The van der Waals surface area contributed by atoms with Gasteiger partial charge in [0, 0.05) is 96.5 Å². The predicted octanol–water partition coefficient (Wildman–Crippen LogP) is 10.9. The van der Waals surface area contributed by atoms with E-state index in [-0.39, 0.29) is 63.4 Å². The van der Waals surface area contributed by atoms with E-state index in [0.29, 0.717) is 128 Å². The highest BCUT2D eigenvalue weighted by molar-refractivity contribution is 5.77. The fourth-order valence-electron chi connectivity index (χ4n) is 11.9. The molecule has 0 saturated carbocycles. The molecule has 3 aliphatic heterocycles. The Balaban J connectivity index is 1.29. The molecular formula is C72H129N9O15. The molecule has 3 saturated heterocycles. The second-order valence-electron chi connectivity index (χ2n) is 29.7. The molecule has 96 heavy (non-hydrogen) atoms. The molecule has 4 heterocycles. The van der Waals surface area contributed by atoms with Crippen molar-refractivity contribution in [1.82, 2.24) is 44.4 Å². The molecule has 4 rings (SSSR count). The summed E-state index contributed by atoms with van der Waals surface area (Å²) in [5.74, 6) is -0.900. The maximum atomic E-state index is 14.1. The first-order valence-corrected chi connectivity index (χ1v) is 37.2. The van der Waals surface area contributed by atoms with E-state index in [4.69, 9.17) is 28.4 Å². The Hall–Kier alpha value is -5.49. The van der Waals surface area contributed by atoms with Crippen molar-refractivity contribution in [1.29, 1.82) is 0 Å². The molecule has 0 aliphatic carbocycles. The van der Waals surface area contributed by atoms with E-state index in [0.717, 1.165) is 130 Å². The first kappa shape index (κ1) is 82.9. The number of carbonyl (C=O) groups is 6. The highest BCUT2D eigenvalue weighted by atomic mass is 16.6. The van der Waals surface area contributed by atoms with Crippen molar-refractivity contribution in [3.63, 3.8) is 0 Å². The minimum atomic E-state index is -0.667.